The second-order valence-electron chi connectivity index (χ2n) is 5.78. The van der Waals surface area contributed by atoms with Gasteiger partial charge in [-0.3, -0.25) is 0 Å². The zero-order valence-corrected chi connectivity index (χ0v) is 12.9. The summed E-state index contributed by atoms with van der Waals surface area (Å²) in [7, 11) is 4.11. The Morgan fingerprint density at radius 1 is 1.14 bits per heavy atom. The van der Waals surface area contributed by atoms with E-state index in [2.05, 4.69) is 73.6 Å². The summed E-state index contributed by atoms with van der Waals surface area (Å²) in [6.45, 7) is 3.89. The van der Waals surface area contributed by atoms with Crippen LogP contribution < -0.4 is 15.7 Å². The Morgan fingerprint density at radius 2 is 1.90 bits per heavy atom. The predicted octanol–water partition coefficient (Wildman–Crippen LogP) is 2.72. The van der Waals surface area contributed by atoms with Crippen LogP contribution >= 0.6 is 0 Å². The van der Waals surface area contributed by atoms with Crippen LogP contribution in [0.1, 0.15) is 11.1 Å². The molecule has 0 bridgehead atoms. The van der Waals surface area contributed by atoms with Gasteiger partial charge in [-0.1, -0.05) is 25.0 Å². The summed E-state index contributed by atoms with van der Waals surface area (Å²) >= 11 is 0. The SMILES string of the molecule is CB1OCc2ccc(NCc3ccc(N(C)C)cc3)cc21. The lowest BCUT2D eigenvalue weighted by molar-refractivity contribution is 0.333. The number of benzene rings is 2. The Hall–Kier alpha value is -1.94. The highest BCUT2D eigenvalue weighted by Crippen LogP contribution is 2.17. The van der Waals surface area contributed by atoms with E-state index in [9.17, 15) is 0 Å². The van der Waals surface area contributed by atoms with Crippen LogP contribution in [-0.2, 0) is 17.8 Å². The number of hydrogen-bond donors (Lipinski definition) is 1. The minimum absolute atomic E-state index is 0.209. The summed E-state index contributed by atoms with van der Waals surface area (Å²) in [4.78, 5) is 2.11. The molecule has 0 atom stereocenters. The fourth-order valence-corrected chi connectivity index (χ4v) is 2.64. The smallest absolute Gasteiger partial charge is 0.324 e. The fourth-order valence-electron chi connectivity index (χ4n) is 2.64. The normalized spacial score (nSPS) is 13.2. The second kappa shape index (κ2) is 5.82. The van der Waals surface area contributed by atoms with Crippen molar-refractivity contribution in [3.05, 3.63) is 53.6 Å². The van der Waals surface area contributed by atoms with Gasteiger partial charge in [0.25, 0.3) is 0 Å². The van der Waals surface area contributed by atoms with E-state index in [1.165, 1.54) is 22.3 Å². The van der Waals surface area contributed by atoms with Crippen molar-refractivity contribution in [3.8, 4) is 0 Å². The number of nitrogens with zero attached hydrogens (tertiary/aromatic N) is 1. The summed E-state index contributed by atoms with van der Waals surface area (Å²) in [5.74, 6) is 0. The van der Waals surface area contributed by atoms with E-state index in [4.69, 9.17) is 4.65 Å². The van der Waals surface area contributed by atoms with Gasteiger partial charge in [0.15, 0.2) is 0 Å². The molecule has 21 heavy (non-hydrogen) atoms. The molecule has 4 heteroatoms. The van der Waals surface area contributed by atoms with Crippen LogP contribution in [0, 0.1) is 0 Å². The van der Waals surface area contributed by atoms with E-state index < -0.39 is 0 Å². The number of fused-ring (bicyclic) bond motifs is 1. The average Bonchev–Trinajstić information content (AvgIpc) is 2.87. The molecular weight excluding hydrogens is 259 g/mol. The van der Waals surface area contributed by atoms with Crippen molar-refractivity contribution < 1.29 is 4.65 Å². The second-order valence-corrected chi connectivity index (χ2v) is 5.78. The lowest BCUT2D eigenvalue weighted by Crippen LogP contribution is -2.24. The summed E-state index contributed by atoms with van der Waals surface area (Å²) in [5.41, 5.74) is 6.28. The van der Waals surface area contributed by atoms with E-state index in [-0.39, 0.29) is 6.92 Å². The van der Waals surface area contributed by atoms with Gasteiger partial charge >= 0.3 is 6.92 Å². The third kappa shape index (κ3) is 3.06. The minimum Gasteiger partial charge on any atom is -0.427 e. The van der Waals surface area contributed by atoms with E-state index in [0.29, 0.717) is 0 Å². The zero-order valence-electron chi connectivity index (χ0n) is 12.9. The molecule has 0 saturated carbocycles. The third-order valence-corrected chi connectivity index (χ3v) is 4.02. The first-order chi connectivity index (χ1) is 10.1. The standard InChI is InChI=1S/C17H21BN2O/c1-18-17-10-15(7-6-14(17)12-21-18)19-11-13-4-8-16(9-5-13)20(2)3/h4-10,19H,11-12H2,1-3H3. The lowest BCUT2D eigenvalue weighted by atomic mass is 9.64. The molecule has 0 unspecified atom stereocenters. The maximum Gasteiger partial charge on any atom is 0.324 e. The summed E-state index contributed by atoms with van der Waals surface area (Å²) < 4.78 is 5.64. The van der Waals surface area contributed by atoms with Gasteiger partial charge in [0.1, 0.15) is 0 Å². The Labute approximate surface area is 127 Å². The van der Waals surface area contributed by atoms with Crippen LogP contribution in [0.2, 0.25) is 6.82 Å². The molecule has 0 fully saturated rings. The van der Waals surface area contributed by atoms with Crippen molar-refractivity contribution in [2.24, 2.45) is 0 Å². The predicted molar refractivity (Wildman–Crippen MR) is 90.6 cm³/mol. The maximum absolute atomic E-state index is 5.64. The number of rotatable bonds is 4. The van der Waals surface area contributed by atoms with Gasteiger partial charge in [-0.25, -0.2) is 0 Å². The topological polar surface area (TPSA) is 24.5 Å². The molecule has 3 nitrogen and oxygen atoms in total. The molecule has 0 amide bonds. The van der Waals surface area contributed by atoms with E-state index in [1.807, 2.05) is 0 Å². The van der Waals surface area contributed by atoms with Crippen LogP contribution in [0.5, 0.6) is 0 Å². The highest BCUT2D eigenvalue weighted by Gasteiger charge is 2.23. The number of anilines is 2. The van der Waals surface area contributed by atoms with Gasteiger partial charge in [0.2, 0.25) is 0 Å². The molecule has 0 saturated heterocycles. The Balaban J connectivity index is 1.66. The molecule has 1 heterocycles. The minimum atomic E-state index is 0.209. The van der Waals surface area contributed by atoms with Gasteiger partial charge in [-0.2, -0.15) is 0 Å². The van der Waals surface area contributed by atoms with Crippen LogP contribution in [0.25, 0.3) is 0 Å². The summed E-state index contributed by atoms with van der Waals surface area (Å²) in [5, 5.41) is 3.49. The van der Waals surface area contributed by atoms with E-state index in [0.717, 1.165) is 18.8 Å². The van der Waals surface area contributed by atoms with E-state index >= 15 is 0 Å². The molecule has 1 N–H and O–H groups in total. The van der Waals surface area contributed by atoms with Crippen LogP contribution in [0.15, 0.2) is 42.5 Å². The molecule has 0 aromatic heterocycles. The van der Waals surface area contributed by atoms with Crippen LogP contribution in [0.3, 0.4) is 0 Å². The van der Waals surface area contributed by atoms with Crippen LogP contribution in [0.4, 0.5) is 11.4 Å². The van der Waals surface area contributed by atoms with Gasteiger partial charge in [0.05, 0.1) is 6.61 Å². The molecule has 1 aliphatic rings. The number of nitrogens with one attached hydrogen (secondary N) is 1. The monoisotopic (exact) mass is 280 g/mol. The molecule has 108 valence electrons. The number of hydrogen-bond acceptors (Lipinski definition) is 3. The average molecular weight is 280 g/mol. The Morgan fingerprint density at radius 3 is 2.62 bits per heavy atom. The van der Waals surface area contributed by atoms with Gasteiger partial charge in [-0.15, -0.1) is 0 Å². The molecular formula is C17H21BN2O. The first-order valence-corrected chi connectivity index (χ1v) is 7.38. The van der Waals surface area contributed by atoms with Crippen LogP contribution in [-0.4, -0.2) is 21.0 Å². The molecule has 3 rings (SSSR count). The van der Waals surface area contributed by atoms with Crippen molar-refractivity contribution in [2.75, 3.05) is 24.3 Å². The Bertz CT molecular complexity index is 625. The first kappa shape index (κ1) is 14.0. The van der Waals surface area contributed by atoms with Crippen molar-refractivity contribution in [1.29, 1.82) is 0 Å². The van der Waals surface area contributed by atoms with Gasteiger partial charge < -0.3 is 14.9 Å². The van der Waals surface area contributed by atoms with Crippen molar-refractivity contribution >= 4 is 23.8 Å². The van der Waals surface area contributed by atoms with Gasteiger partial charge in [0, 0.05) is 32.0 Å². The third-order valence-electron chi connectivity index (χ3n) is 4.02. The largest absolute Gasteiger partial charge is 0.427 e. The molecule has 2 aromatic rings. The molecule has 0 aliphatic carbocycles. The molecule has 0 radical (unpaired) electrons. The maximum atomic E-state index is 5.64. The molecule has 2 aromatic carbocycles. The zero-order chi connectivity index (χ0) is 14.8. The Kier molecular flexibility index (Phi) is 3.89. The summed E-state index contributed by atoms with van der Waals surface area (Å²) in [6, 6.07) is 15.1. The molecule has 0 spiro atoms. The highest BCUT2D eigenvalue weighted by atomic mass is 16.4. The lowest BCUT2D eigenvalue weighted by Gasteiger charge is -2.13. The first-order valence-electron chi connectivity index (χ1n) is 7.38. The quantitative estimate of drug-likeness (QED) is 0.871. The van der Waals surface area contributed by atoms with Crippen molar-refractivity contribution in [3.63, 3.8) is 0 Å². The van der Waals surface area contributed by atoms with Gasteiger partial charge in [-0.05, 0) is 40.9 Å². The molecule has 1 aliphatic heterocycles. The fraction of sp³-hybridized carbons (Fsp3) is 0.294. The summed E-state index contributed by atoms with van der Waals surface area (Å²) in [6.07, 6.45) is 0. The van der Waals surface area contributed by atoms with Crippen molar-refractivity contribution in [1.82, 2.24) is 0 Å². The van der Waals surface area contributed by atoms with Crippen molar-refractivity contribution in [2.45, 2.75) is 20.0 Å². The highest BCUT2D eigenvalue weighted by molar-refractivity contribution is 6.67. The van der Waals surface area contributed by atoms with E-state index in [1.54, 1.807) is 0 Å².